The quantitative estimate of drug-likeness (QED) is 0.695. The Kier molecular flexibility index (Phi) is 6.72. The predicted octanol–water partition coefficient (Wildman–Crippen LogP) is 0.479. The van der Waals surface area contributed by atoms with Crippen LogP contribution in [0.1, 0.15) is 6.42 Å². The number of thioether (sulfide) groups is 1. The molecule has 1 heterocycles. The summed E-state index contributed by atoms with van der Waals surface area (Å²) in [4.78, 5) is 26.3. The topological polar surface area (TPSA) is 81.1 Å². The molecule has 1 unspecified atom stereocenters. The number of hydrogen-bond donors (Lipinski definition) is 2. The van der Waals surface area contributed by atoms with Crippen molar-refractivity contribution in [2.24, 2.45) is 0 Å². The van der Waals surface area contributed by atoms with Gasteiger partial charge < -0.3 is 20.0 Å². The third-order valence-corrected chi connectivity index (χ3v) is 3.97. The summed E-state index contributed by atoms with van der Waals surface area (Å²) in [5.41, 5.74) is 0. The number of aliphatic hydroxyl groups excluding tert-OH is 1. The van der Waals surface area contributed by atoms with Crippen LogP contribution in [0.4, 0.5) is 4.79 Å². The molecule has 1 aliphatic heterocycles. The van der Waals surface area contributed by atoms with Crippen LogP contribution in [-0.4, -0.2) is 75.8 Å². The molecule has 0 aromatic rings. The first kappa shape index (κ1) is 15.8. The van der Waals surface area contributed by atoms with Crippen LogP contribution in [0.2, 0.25) is 0 Å². The second-order valence-electron chi connectivity index (χ2n) is 4.26. The highest BCUT2D eigenvalue weighted by atomic mass is 32.2. The molecular formula is C12H20N2O4S. The number of carboxylic acids is 1. The van der Waals surface area contributed by atoms with Crippen LogP contribution in [0.3, 0.4) is 0 Å². The van der Waals surface area contributed by atoms with E-state index in [-0.39, 0.29) is 31.6 Å². The minimum absolute atomic E-state index is 0.0419. The molecule has 0 aliphatic carbocycles. The van der Waals surface area contributed by atoms with Crippen molar-refractivity contribution < 1.29 is 19.8 Å². The Labute approximate surface area is 117 Å². The molecule has 1 saturated heterocycles. The van der Waals surface area contributed by atoms with E-state index in [0.29, 0.717) is 18.8 Å². The Balaban J connectivity index is 2.73. The van der Waals surface area contributed by atoms with Crippen molar-refractivity contribution in [2.45, 2.75) is 12.5 Å². The third kappa shape index (κ3) is 4.76. The molecule has 0 saturated carbocycles. The fourth-order valence-corrected chi connectivity index (χ4v) is 3.06. The first-order chi connectivity index (χ1) is 9.10. The van der Waals surface area contributed by atoms with Crippen LogP contribution in [-0.2, 0) is 4.79 Å². The van der Waals surface area contributed by atoms with E-state index >= 15 is 0 Å². The van der Waals surface area contributed by atoms with Gasteiger partial charge in [-0.3, -0.25) is 4.79 Å². The lowest BCUT2D eigenvalue weighted by atomic mass is 10.2. The van der Waals surface area contributed by atoms with Gasteiger partial charge in [-0.05, 0) is 0 Å². The van der Waals surface area contributed by atoms with E-state index < -0.39 is 5.97 Å². The van der Waals surface area contributed by atoms with Gasteiger partial charge in [0.25, 0.3) is 0 Å². The molecule has 2 amide bonds. The summed E-state index contributed by atoms with van der Waals surface area (Å²) in [5, 5.41) is 17.9. The molecule has 6 nitrogen and oxygen atoms in total. The number of carbonyl (C=O) groups excluding carboxylic acids is 1. The summed E-state index contributed by atoms with van der Waals surface area (Å²) >= 11 is 1.66. The SMILES string of the molecule is C=CCN(CCO)C(=O)N1CCSCC1CC(=O)O. The molecule has 19 heavy (non-hydrogen) atoms. The van der Waals surface area contributed by atoms with Gasteiger partial charge in [0.15, 0.2) is 0 Å². The zero-order chi connectivity index (χ0) is 14.3. The van der Waals surface area contributed by atoms with Crippen LogP contribution < -0.4 is 0 Å². The summed E-state index contributed by atoms with van der Waals surface area (Å²) in [6.45, 7) is 4.59. The van der Waals surface area contributed by atoms with Crippen molar-refractivity contribution in [3.8, 4) is 0 Å². The summed E-state index contributed by atoms with van der Waals surface area (Å²) < 4.78 is 0. The Morgan fingerprint density at radius 2 is 2.26 bits per heavy atom. The lowest BCUT2D eigenvalue weighted by Crippen LogP contribution is -2.53. The average molecular weight is 288 g/mol. The molecule has 1 aliphatic rings. The van der Waals surface area contributed by atoms with E-state index in [1.807, 2.05) is 0 Å². The zero-order valence-electron chi connectivity index (χ0n) is 10.8. The molecule has 1 rings (SSSR count). The number of rotatable bonds is 6. The number of aliphatic hydroxyl groups is 1. The molecule has 1 atom stereocenters. The second kappa shape index (κ2) is 8.06. The van der Waals surface area contributed by atoms with E-state index in [4.69, 9.17) is 10.2 Å². The zero-order valence-corrected chi connectivity index (χ0v) is 11.6. The number of carbonyl (C=O) groups is 2. The summed E-state index contributed by atoms with van der Waals surface area (Å²) in [7, 11) is 0. The first-order valence-corrected chi connectivity index (χ1v) is 7.32. The van der Waals surface area contributed by atoms with Crippen LogP contribution in [0.15, 0.2) is 12.7 Å². The van der Waals surface area contributed by atoms with Gasteiger partial charge >= 0.3 is 12.0 Å². The fraction of sp³-hybridized carbons (Fsp3) is 0.667. The number of nitrogens with zero attached hydrogens (tertiary/aromatic N) is 2. The van der Waals surface area contributed by atoms with Crippen LogP contribution in [0.5, 0.6) is 0 Å². The molecule has 2 N–H and O–H groups in total. The van der Waals surface area contributed by atoms with Gasteiger partial charge in [0.1, 0.15) is 0 Å². The Hall–Kier alpha value is -1.21. The highest BCUT2D eigenvalue weighted by Crippen LogP contribution is 2.20. The number of carboxylic acid groups (broad SMARTS) is 1. The summed E-state index contributed by atoms with van der Waals surface area (Å²) in [6.07, 6.45) is 1.55. The largest absolute Gasteiger partial charge is 0.481 e. The van der Waals surface area contributed by atoms with Gasteiger partial charge in [-0.1, -0.05) is 6.08 Å². The van der Waals surface area contributed by atoms with Gasteiger partial charge in [-0.2, -0.15) is 11.8 Å². The Morgan fingerprint density at radius 1 is 1.53 bits per heavy atom. The van der Waals surface area contributed by atoms with Crippen molar-refractivity contribution in [2.75, 3.05) is 37.7 Å². The normalized spacial score (nSPS) is 19.0. The molecule has 0 radical (unpaired) electrons. The van der Waals surface area contributed by atoms with Crippen LogP contribution >= 0.6 is 11.8 Å². The van der Waals surface area contributed by atoms with Crippen molar-refractivity contribution in [3.63, 3.8) is 0 Å². The highest BCUT2D eigenvalue weighted by Gasteiger charge is 2.31. The maximum atomic E-state index is 12.4. The lowest BCUT2D eigenvalue weighted by molar-refractivity contribution is -0.138. The van der Waals surface area contributed by atoms with E-state index in [1.54, 1.807) is 22.7 Å². The van der Waals surface area contributed by atoms with E-state index in [1.165, 1.54) is 4.90 Å². The van der Waals surface area contributed by atoms with E-state index in [0.717, 1.165) is 5.75 Å². The van der Waals surface area contributed by atoms with Crippen LogP contribution in [0, 0.1) is 0 Å². The number of amides is 2. The Bertz CT molecular complexity index is 338. The van der Waals surface area contributed by atoms with Gasteiger partial charge in [0.05, 0.1) is 19.1 Å². The van der Waals surface area contributed by atoms with Crippen molar-refractivity contribution in [3.05, 3.63) is 12.7 Å². The summed E-state index contributed by atoms with van der Waals surface area (Å²) in [5.74, 6) is 0.546. The smallest absolute Gasteiger partial charge is 0.320 e. The molecule has 108 valence electrons. The molecule has 0 aromatic heterocycles. The Morgan fingerprint density at radius 3 is 2.84 bits per heavy atom. The molecule has 1 fully saturated rings. The number of aliphatic carboxylic acids is 1. The minimum Gasteiger partial charge on any atom is -0.481 e. The minimum atomic E-state index is -0.900. The third-order valence-electron chi connectivity index (χ3n) is 2.87. The molecular weight excluding hydrogens is 268 g/mol. The van der Waals surface area contributed by atoms with Gasteiger partial charge in [-0.25, -0.2) is 4.79 Å². The molecule has 7 heteroatoms. The number of urea groups is 1. The first-order valence-electron chi connectivity index (χ1n) is 6.17. The average Bonchev–Trinajstić information content (AvgIpc) is 2.38. The standard InChI is InChI=1S/C12H20N2O4S/c1-2-3-13(4-6-15)12(18)14-5-7-19-9-10(14)8-11(16)17/h2,10,15H,1,3-9H2,(H,16,17). The maximum absolute atomic E-state index is 12.4. The van der Waals surface area contributed by atoms with Crippen molar-refractivity contribution in [1.29, 1.82) is 0 Å². The van der Waals surface area contributed by atoms with Crippen molar-refractivity contribution >= 4 is 23.8 Å². The second-order valence-corrected chi connectivity index (χ2v) is 5.41. The summed E-state index contributed by atoms with van der Waals surface area (Å²) in [6, 6.07) is -0.504. The van der Waals surface area contributed by atoms with Gasteiger partial charge in [0.2, 0.25) is 0 Å². The fourth-order valence-electron chi connectivity index (χ4n) is 2.00. The molecule has 0 spiro atoms. The molecule has 0 aromatic carbocycles. The lowest BCUT2D eigenvalue weighted by Gasteiger charge is -2.37. The molecule has 0 bridgehead atoms. The highest BCUT2D eigenvalue weighted by molar-refractivity contribution is 7.99. The monoisotopic (exact) mass is 288 g/mol. The van der Waals surface area contributed by atoms with Crippen molar-refractivity contribution in [1.82, 2.24) is 9.80 Å². The maximum Gasteiger partial charge on any atom is 0.320 e. The van der Waals surface area contributed by atoms with E-state index in [2.05, 4.69) is 6.58 Å². The number of hydrogen-bond acceptors (Lipinski definition) is 4. The van der Waals surface area contributed by atoms with Gasteiger partial charge in [0, 0.05) is 31.1 Å². The van der Waals surface area contributed by atoms with Crippen LogP contribution in [0.25, 0.3) is 0 Å². The predicted molar refractivity (Wildman–Crippen MR) is 74.3 cm³/mol. The van der Waals surface area contributed by atoms with Gasteiger partial charge in [-0.15, -0.1) is 6.58 Å². The van der Waals surface area contributed by atoms with E-state index in [9.17, 15) is 9.59 Å².